The molecule has 0 radical (unpaired) electrons. The van der Waals surface area contributed by atoms with E-state index < -0.39 is 0 Å². The van der Waals surface area contributed by atoms with Gasteiger partial charge in [-0.2, -0.15) is 5.10 Å². The van der Waals surface area contributed by atoms with Crippen molar-refractivity contribution in [1.29, 1.82) is 0 Å². The summed E-state index contributed by atoms with van der Waals surface area (Å²) >= 11 is 5.99. The van der Waals surface area contributed by atoms with Gasteiger partial charge in [-0.05, 0) is 25.1 Å². The van der Waals surface area contributed by atoms with Gasteiger partial charge in [0.05, 0.1) is 16.9 Å². The number of amides is 2. The average Bonchev–Trinajstić information content (AvgIpc) is 2.97. The van der Waals surface area contributed by atoms with Gasteiger partial charge in [0.25, 0.3) is 0 Å². The van der Waals surface area contributed by atoms with Crippen LogP contribution in [0.15, 0.2) is 53.6 Å². The maximum Gasteiger partial charge on any atom is 0.240 e. The number of aromatic amines is 1. The molecule has 0 fully saturated rings. The molecule has 0 spiro atoms. The normalized spacial score (nSPS) is 11.0. The highest BCUT2D eigenvalue weighted by atomic mass is 35.5. The monoisotopic (exact) mass is 382 g/mol. The Kier molecular flexibility index (Phi) is 5.88. The lowest BCUT2D eigenvalue weighted by Crippen LogP contribution is -2.20. The van der Waals surface area contributed by atoms with Crippen LogP contribution in [0.25, 0.3) is 10.9 Å². The molecule has 0 aliphatic rings. The second kappa shape index (κ2) is 8.51. The minimum Gasteiger partial charge on any atom is -0.358 e. The molecule has 3 N–H and O–H groups in total. The molecule has 0 unspecified atom stereocenters. The number of benzene rings is 2. The number of carbonyl (C=O) groups is 2. The van der Waals surface area contributed by atoms with Crippen LogP contribution in [-0.4, -0.2) is 23.0 Å². The Morgan fingerprint density at radius 2 is 1.78 bits per heavy atom. The van der Waals surface area contributed by atoms with E-state index in [2.05, 4.69) is 20.8 Å². The first-order chi connectivity index (χ1) is 13.0. The Labute approximate surface area is 161 Å². The van der Waals surface area contributed by atoms with Gasteiger partial charge in [0.15, 0.2) is 0 Å². The number of H-pyrrole nitrogens is 1. The van der Waals surface area contributed by atoms with Crippen LogP contribution in [0, 0.1) is 6.92 Å². The van der Waals surface area contributed by atoms with Crippen molar-refractivity contribution in [3.8, 4) is 0 Å². The number of aromatic nitrogens is 1. The molecule has 0 saturated heterocycles. The third-order valence-corrected chi connectivity index (χ3v) is 4.38. The van der Waals surface area contributed by atoms with E-state index in [9.17, 15) is 9.59 Å². The van der Waals surface area contributed by atoms with Crippen LogP contribution >= 0.6 is 11.6 Å². The lowest BCUT2D eigenvalue weighted by molar-refractivity contribution is -0.124. The molecule has 0 aliphatic heterocycles. The number of halogens is 1. The molecule has 2 aromatic carbocycles. The van der Waals surface area contributed by atoms with Crippen molar-refractivity contribution < 1.29 is 9.59 Å². The Bertz CT molecular complexity index is 1010. The molecule has 0 bridgehead atoms. The maximum atomic E-state index is 11.9. The number of nitrogens with zero attached hydrogens (tertiary/aromatic N) is 1. The average molecular weight is 383 g/mol. The van der Waals surface area contributed by atoms with Crippen LogP contribution in [-0.2, 0) is 9.59 Å². The molecule has 3 aromatic rings. The highest BCUT2D eigenvalue weighted by molar-refractivity contribution is 6.33. The Morgan fingerprint density at radius 1 is 1.07 bits per heavy atom. The van der Waals surface area contributed by atoms with E-state index in [1.807, 2.05) is 31.2 Å². The zero-order valence-corrected chi connectivity index (χ0v) is 15.5. The van der Waals surface area contributed by atoms with E-state index in [1.165, 1.54) is 0 Å². The molecule has 1 heterocycles. The van der Waals surface area contributed by atoms with Crippen molar-refractivity contribution in [3.63, 3.8) is 0 Å². The molecule has 27 heavy (non-hydrogen) atoms. The van der Waals surface area contributed by atoms with Crippen LogP contribution in [0.1, 0.15) is 24.1 Å². The molecule has 0 atom stereocenters. The smallest absolute Gasteiger partial charge is 0.240 e. The second-order valence-electron chi connectivity index (χ2n) is 6.03. The SMILES string of the molecule is Cc1[nH]c2ccccc2c1/C=N/NC(=O)CCC(=O)Nc1ccccc1Cl. The number of rotatable bonds is 6. The van der Waals surface area contributed by atoms with Gasteiger partial charge in [0, 0.05) is 35.0 Å². The summed E-state index contributed by atoms with van der Waals surface area (Å²) < 4.78 is 0. The van der Waals surface area contributed by atoms with Crippen molar-refractivity contribution in [3.05, 3.63) is 64.8 Å². The van der Waals surface area contributed by atoms with Crippen LogP contribution in [0.4, 0.5) is 5.69 Å². The maximum absolute atomic E-state index is 11.9. The van der Waals surface area contributed by atoms with Crippen LogP contribution in [0.5, 0.6) is 0 Å². The van der Waals surface area contributed by atoms with E-state index in [0.717, 1.165) is 22.2 Å². The molecule has 0 saturated carbocycles. The Hall–Kier alpha value is -3.12. The van der Waals surface area contributed by atoms with Gasteiger partial charge >= 0.3 is 0 Å². The van der Waals surface area contributed by atoms with E-state index in [4.69, 9.17) is 11.6 Å². The summed E-state index contributed by atoms with van der Waals surface area (Å²) in [5.74, 6) is -0.618. The largest absolute Gasteiger partial charge is 0.358 e. The van der Waals surface area contributed by atoms with Gasteiger partial charge < -0.3 is 10.3 Å². The number of hydrazone groups is 1. The predicted octanol–water partition coefficient (Wildman–Crippen LogP) is 4.00. The van der Waals surface area contributed by atoms with Gasteiger partial charge in [0.2, 0.25) is 11.8 Å². The van der Waals surface area contributed by atoms with Crippen molar-refractivity contribution >= 4 is 46.2 Å². The quantitative estimate of drug-likeness (QED) is 0.444. The van der Waals surface area contributed by atoms with Crippen LogP contribution in [0.2, 0.25) is 5.02 Å². The molecule has 6 nitrogen and oxygen atoms in total. The summed E-state index contributed by atoms with van der Waals surface area (Å²) in [6.07, 6.45) is 1.68. The summed E-state index contributed by atoms with van der Waals surface area (Å²) in [5.41, 5.74) is 5.88. The lowest BCUT2D eigenvalue weighted by atomic mass is 10.1. The molecule has 2 amide bonds. The molecule has 0 aliphatic carbocycles. The summed E-state index contributed by atoms with van der Waals surface area (Å²) in [6.45, 7) is 1.95. The minimum atomic E-state index is -0.335. The van der Waals surface area contributed by atoms with E-state index in [0.29, 0.717) is 10.7 Å². The van der Waals surface area contributed by atoms with Crippen LogP contribution in [0.3, 0.4) is 0 Å². The molecule has 3 rings (SSSR count). The molecule has 138 valence electrons. The molecule has 7 heteroatoms. The Balaban J connectivity index is 1.51. The summed E-state index contributed by atoms with van der Waals surface area (Å²) in [7, 11) is 0. The minimum absolute atomic E-state index is 0.0283. The van der Waals surface area contributed by atoms with Crippen molar-refractivity contribution in [2.45, 2.75) is 19.8 Å². The number of carbonyl (C=O) groups excluding carboxylic acids is 2. The van der Waals surface area contributed by atoms with Gasteiger partial charge in [-0.25, -0.2) is 5.43 Å². The summed E-state index contributed by atoms with van der Waals surface area (Å²) in [6, 6.07) is 14.8. The zero-order chi connectivity index (χ0) is 19.2. The number of fused-ring (bicyclic) bond motifs is 1. The van der Waals surface area contributed by atoms with Gasteiger partial charge in [-0.15, -0.1) is 0 Å². The number of hydrogen-bond donors (Lipinski definition) is 3. The fourth-order valence-electron chi connectivity index (χ4n) is 2.69. The van der Waals surface area contributed by atoms with E-state index in [1.54, 1.807) is 30.5 Å². The molecular weight excluding hydrogens is 364 g/mol. The summed E-state index contributed by atoms with van der Waals surface area (Å²) in [5, 5.41) is 8.17. The standard InChI is InChI=1S/C20H19ClN4O2/c1-13-15(14-6-2-4-8-17(14)23-13)12-22-25-20(27)11-10-19(26)24-18-9-5-3-7-16(18)21/h2-9,12,23H,10-11H2,1H3,(H,24,26)(H,25,27)/b22-12+. The molecule has 1 aromatic heterocycles. The number of hydrogen-bond acceptors (Lipinski definition) is 3. The van der Waals surface area contributed by atoms with Crippen molar-refractivity contribution in [1.82, 2.24) is 10.4 Å². The van der Waals surface area contributed by atoms with Crippen molar-refractivity contribution in [2.24, 2.45) is 5.10 Å². The third-order valence-electron chi connectivity index (χ3n) is 4.05. The third kappa shape index (κ3) is 4.74. The summed E-state index contributed by atoms with van der Waals surface area (Å²) in [4.78, 5) is 27.1. The lowest BCUT2D eigenvalue weighted by Gasteiger charge is -2.06. The van der Waals surface area contributed by atoms with Crippen molar-refractivity contribution in [2.75, 3.05) is 5.32 Å². The number of anilines is 1. The number of nitrogens with one attached hydrogen (secondary N) is 3. The first kappa shape index (κ1) is 18.7. The van der Waals surface area contributed by atoms with Crippen LogP contribution < -0.4 is 10.7 Å². The Morgan fingerprint density at radius 3 is 2.59 bits per heavy atom. The highest BCUT2D eigenvalue weighted by Crippen LogP contribution is 2.21. The number of para-hydroxylation sites is 2. The zero-order valence-electron chi connectivity index (χ0n) is 14.8. The fourth-order valence-corrected chi connectivity index (χ4v) is 2.87. The first-order valence-electron chi connectivity index (χ1n) is 8.48. The van der Waals surface area contributed by atoms with E-state index in [-0.39, 0.29) is 24.7 Å². The topological polar surface area (TPSA) is 86.3 Å². The van der Waals surface area contributed by atoms with Gasteiger partial charge in [0.1, 0.15) is 0 Å². The van der Waals surface area contributed by atoms with Gasteiger partial charge in [-0.3, -0.25) is 9.59 Å². The predicted molar refractivity (Wildman–Crippen MR) is 108 cm³/mol. The van der Waals surface area contributed by atoms with E-state index >= 15 is 0 Å². The highest BCUT2D eigenvalue weighted by Gasteiger charge is 2.09. The first-order valence-corrected chi connectivity index (χ1v) is 8.86. The second-order valence-corrected chi connectivity index (χ2v) is 6.44. The fraction of sp³-hybridized carbons (Fsp3) is 0.150. The van der Waals surface area contributed by atoms with Gasteiger partial charge in [-0.1, -0.05) is 41.9 Å². The molecular formula is C20H19ClN4O2. The number of aryl methyl sites for hydroxylation is 1.